The summed E-state index contributed by atoms with van der Waals surface area (Å²) < 4.78 is 21.0. The number of rotatable bonds is 9. The summed E-state index contributed by atoms with van der Waals surface area (Å²) in [6.07, 6.45) is -0.232. The predicted molar refractivity (Wildman–Crippen MR) is 69.3 cm³/mol. The molecule has 0 aromatic rings. The first-order valence-electron chi connectivity index (χ1n) is 5.70. The monoisotopic (exact) mass is 284 g/mol. The average Bonchev–Trinajstić information content (AvgIpc) is 2.17. The lowest BCUT2D eigenvalue weighted by Crippen LogP contribution is -2.16. The van der Waals surface area contributed by atoms with Crippen LogP contribution in [-0.4, -0.2) is 31.9 Å². The first kappa shape index (κ1) is 17.0. The van der Waals surface area contributed by atoms with Gasteiger partial charge in [-0.05, 0) is 39.5 Å². The standard InChI is InChI=1S/C10H21O5PS/c1-5-12-10(11)8-9(4)15-16(17,13-6-2)14-7-3/h9H,5-8H2,1-4H3. The Morgan fingerprint density at radius 1 is 1.18 bits per heavy atom. The molecule has 1 atom stereocenters. The molecule has 0 aromatic carbocycles. The summed E-state index contributed by atoms with van der Waals surface area (Å²) in [5, 5.41) is 0. The van der Waals surface area contributed by atoms with Crippen molar-refractivity contribution < 1.29 is 23.1 Å². The van der Waals surface area contributed by atoms with E-state index in [0.717, 1.165) is 0 Å². The van der Waals surface area contributed by atoms with Crippen LogP contribution >= 0.6 is 6.72 Å². The summed E-state index contributed by atoms with van der Waals surface area (Å²) in [6.45, 7) is 5.61. The van der Waals surface area contributed by atoms with E-state index in [0.29, 0.717) is 19.8 Å². The van der Waals surface area contributed by atoms with Gasteiger partial charge < -0.3 is 18.3 Å². The van der Waals surface area contributed by atoms with Gasteiger partial charge in [0.2, 0.25) is 0 Å². The van der Waals surface area contributed by atoms with E-state index in [9.17, 15) is 4.79 Å². The highest BCUT2D eigenvalue weighted by atomic mass is 32.5. The van der Waals surface area contributed by atoms with E-state index < -0.39 is 6.72 Å². The van der Waals surface area contributed by atoms with Crippen LogP contribution in [0.2, 0.25) is 0 Å². The fourth-order valence-corrected chi connectivity index (χ4v) is 3.54. The van der Waals surface area contributed by atoms with Gasteiger partial charge in [0.05, 0.1) is 32.3 Å². The molecule has 17 heavy (non-hydrogen) atoms. The van der Waals surface area contributed by atoms with Crippen molar-refractivity contribution in [3.63, 3.8) is 0 Å². The molecule has 0 amide bonds. The second-order valence-corrected chi connectivity index (χ2v) is 6.17. The maximum Gasteiger partial charge on any atom is 0.327 e. The van der Waals surface area contributed by atoms with E-state index >= 15 is 0 Å². The topological polar surface area (TPSA) is 54.0 Å². The highest BCUT2D eigenvalue weighted by Gasteiger charge is 2.24. The summed E-state index contributed by atoms with van der Waals surface area (Å²) in [4.78, 5) is 11.2. The number of carbonyl (C=O) groups is 1. The van der Waals surface area contributed by atoms with Crippen molar-refractivity contribution in [2.75, 3.05) is 19.8 Å². The molecule has 5 nitrogen and oxygen atoms in total. The molecule has 0 rings (SSSR count). The van der Waals surface area contributed by atoms with Crippen molar-refractivity contribution in [1.82, 2.24) is 0 Å². The Morgan fingerprint density at radius 3 is 2.12 bits per heavy atom. The van der Waals surface area contributed by atoms with Gasteiger partial charge in [0.1, 0.15) is 0 Å². The highest BCUT2D eigenvalue weighted by Crippen LogP contribution is 2.51. The average molecular weight is 284 g/mol. The zero-order valence-electron chi connectivity index (χ0n) is 10.8. The van der Waals surface area contributed by atoms with E-state index in [1.165, 1.54) is 0 Å². The largest absolute Gasteiger partial charge is 0.466 e. The van der Waals surface area contributed by atoms with Crippen LogP contribution in [0.1, 0.15) is 34.1 Å². The van der Waals surface area contributed by atoms with Crippen LogP contribution < -0.4 is 0 Å². The van der Waals surface area contributed by atoms with Gasteiger partial charge in [0.25, 0.3) is 0 Å². The Bertz CT molecular complexity index is 261. The van der Waals surface area contributed by atoms with Crippen molar-refractivity contribution in [3.05, 3.63) is 0 Å². The number of esters is 1. The number of hydrogen-bond donors (Lipinski definition) is 0. The fourth-order valence-electron chi connectivity index (χ4n) is 1.13. The van der Waals surface area contributed by atoms with Crippen LogP contribution in [0, 0.1) is 0 Å². The molecular weight excluding hydrogens is 263 g/mol. The van der Waals surface area contributed by atoms with Crippen LogP contribution in [-0.2, 0) is 34.9 Å². The Morgan fingerprint density at radius 2 is 1.71 bits per heavy atom. The summed E-state index contributed by atoms with van der Waals surface area (Å²) in [6, 6.07) is 0. The molecule has 0 heterocycles. The molecule has 0 aliphatic heterocycles. The first-order chi connectivity index (χ1) is 7.97. The van der Waals surface area contributed by atoms with Gasteiger partial charge in [-0.25, -0.2) is 0 Å². The SMILES string of the molecule is CCOC(=O)CC(C)OP(=S)(OCC)OCC. The van der Waals surface area contributed by atoms with Crippen LogP contribution in [0.15, 0.2) is 0 Å². The van der Waals surface area contributed by atoms with Gasteiger partial charge in [0, 0.05) is 0 Å². The van der Waals surface area contributed by atoms with Crippen LogP contribution in [0.5, 0.6) is 0 Å². The molecule has 0 bridgehead atoms. The zero-order chi connectivity index (χ0) is 13.3. The number of ether oxygens (including phenoxy) is 1. The van der Waals surface area contributed by atoms with Crippen molar-refractivity contribution in [3.8, 4) is 0 Å². The Labute approximate surface area is 108 Å². The number of carbonyl (C=O) groups excluding carboxylic acids is 1. The van der Waals surface area contributed by atoms with Crippen LogP contribution in [0.3, 0.4) is 0 Å². The van der Waals surface area contributed by atoms with Gasteiger partial charge >= 0.3 is 12.7 Å². The molecule has 0 saturated carbocycles. The fraction of sp³-hybridized carbons (Fsp3) is 0.900. The summed E-state index contributed by atoms with van der Waals surface area (Å²) in [5.74, 6) is -0.311. The lowest BCUT2D eigenvalue weighted by Gasteiger charge is -2.23. The zero-order valence-corrected chi connectivity index (χ0v) is 12.5. The molecule has 0 spiro atoms. The molecule has 0 aromatic heterocycles. The Balaban J connectivity index is 4.25. The van der Waals surface area contributed by atoms with E-state index in [1.807, 2.05) is 13.8 Å². The number of hydrogen-bond acceptors (Lipinski definition) is 6. The molecular formula is C10H21O5PS. The third-order valence-electron chi connectivity index (χ3n) is 1.64. The Kier molecular flexibility index (Phi) is 9.00. The van der Waals surface area contributed by atoms with E-state index in [2.05, 4.69) is 0 Å². The summed E-state index contributed by atoms with van der Waals surface area (Å²) >= 11 is 5.19. The lowest BCUT2D eigenvalue weighted by atomic mass is 10.3. The van der Waals surface area contributed by atoms with Crippen molar-refractivity contribution in [2.45, 2.75) is 40.2 Å². The van der Waals surface area contributed by atoms with Gasteiger partial charge in [0.15, 0.2) is 0 Å². The van der Waals surface area contributed by atoms with Gasteiger partial charge in [-0.3, -0.25) is 4.79 Å². The van der Waals surface area contributed by atoms with Crippen LogP contribution in [0.4, 0.5) is 0 Å². The second kappa shape index (κ2) is 9.00. The highest BCUT2D eigenvalue weighted by molar-refractivity contribution is 8.07. The molecule has 0 N–H and O–H groups in total. The van der Waals surface area contributed by atoms with Crippen molar-refractivity contribution in [2.24, 2.45) is 0 Å². The molecule has 0 aliphatic rings. The van der Waals surface area contributed by atoms with Crippen molar-refractivity contribution >= 4 is 24.5 Å². The second-order valence-electron chi connectivity index (χ2n) is 3.21. The predicted octanol–water partition coefficient (Wildman–Crippen LogP) is 2.64. The molecule has 7 heteroatoms. The maximum atomic E-state index is 11.2. The summed E-state index contributed by atoms with van der Waals surface area (Å²) in [5.41, 5.74) is 0. The smallest absolute Gasteiger partial charge is 0.327 e. The lowest BCUT2D eigenvalue weighted by molar-refractivity contribution is -0.144. The van der Waals surface area contributed by atoms with Gasteiger partial charge in [-0.2, -0.15) is 0 Å². The minimum absolute atomic E-state index is 0.145. The Hall–Kier alpha value is -0.0000000000000000694. The molecule has 0 radical (unpaired) electrons. The van der Waals surface area contributed by atoms with Crippen molar-refractivity contribution in [1.29, 1.82) is 0 Å². The summed E-state index contributed by atoms with van der Waals surface area (Å²) in [7, 11) is 0. The van der Waals surface area contributed by atoms with E-state index in [-0.39, 0.29) is 18.5 Å². The first-order valence-corrected chi connectivity index (χ1v) is 8.26. The van der Waals surface area contributed by atoms with E-state index in [4.69, 9.17) is 30.1 Å². The van der Waals surface area contributed by atoms with Crippen LogP contribution in [0.25, 0.3) is 0 Å². The third kappa shape index (κ3) is 7.84. The minimum Gasteiger partial charge on any atom is -0.466 e. The quantitative estimate of drug-likeness (QED) is 0.479. The molecule has 0 saturated heterocycles. The van der Waals surface area contributed by atoms with E-state index in [1.54, 1.807) is 13.8 Å². The van der Waals surface area contributed by atoms with Gasteiger partial charge in [-0.15, -0.1) is 0 Å². The normalized spacial score (nSPS) is 13.4. The van der Waals surface area contributed by atoms with Gasteiger partial charge in [-0.1, -0.05) is 0 Å². The molecule has 0 aliphatic carbocycles. The minimum atomic E-state index is -2.73. The third-order valence-corrected chi connectivity index (χ3v) is 4.30. The molecule has 102 valence electrons. The molecule has 1 unspecified atom stereocenters. The maximum absolute atomic E-state index is 11.2. The molecule has 0 fully saturated rings.